The summed E-state index contributed by atoms with van der Waals surface area (Å²) < 4.78 is 0. The maximum atomic E-state index is 10.3. The molecule has 0 aromatic heterocycles. The molecule has 0 N–H and O–H groups in total. The Morgan fingerprint density at radius 1 is 1.23 bits per heavy atom. The van der Waals surface area contributed by atoms with Crippen LogP contribution in [0.2, 0.25) is 0 Å². The van der Waals surface area contributed by atoms with Gasteiger partial charge in [0, 0.05) is 6.42 Å². The highest BCUT2D eigenvalue weighted by atomic mass is 16.1. The summed E-state index contributed by atoms with van der Waals surface area (Å²) in [5.41, 5.74) is 0.387. The standard InChI is InChI=1S/C12H24O/c1-10(2)11(7-6-8-13)9-12(3,4)5/h8,10-11H,6-7,9H2,1-5H3. The van der Waals surface area contributed by atoms with Gasteiger partial charge in [0.15, 0.2) is 0 Å². The van der Waals surface area contributed by atoms with E-state index in [1.165, 1.54) is 6.42 Å². The fourth-order valence-corrected chi connectivity index (χ4v) is 1.74. The molecule has 0 aliphatic carbocycles. The molecule has 13 heavy (non-hydrogen) atoms. The van der Waals surface area contributed by atoms with E-state index in [1.54, 1.807) is 0 Å². The minimum Gasteiger partial charge on any atom is -0.303 e. The van der Waals surface area contributed by atoms with Crippen LogP contribution in [0.25, 0.3) is 0 Å². The van der Waals surface area contributed by atoms with Crippen molar-refractivity contribution in [2.45, 2.75) is 53.9 Å². The highest BCUT2D eigenvalue weighted by molar-refractivity contribution is 5.49. The zero-order valence-electron chi connectivity index (χ0n) is 9.76. The van der Waals surface area contributed by atoms with E-state index in [-0.39, 0.29) is 0 Å². The van der Waals surface area contributed by atoms with Gasteiger partial charge >= 0.3 is 0 Å². The summed E-state index contributed by atoms with van der Waals surface area (Å²) in [4.78, 5) is 10.3. The summed E-state index contributed by atoms with van der Waals surface area (Å²) in [6.07, 6.45) is 4.04. The first-order valence-electron chi connectivity index (χ1n) is 5.30. The van der Waals surface area contributed by atoms with E-state index in [4.69, 9.17) is 0 Å². The molecule has 0 aromatic rings. The van der Waals surface area contributed by atoms with Crippen molar-refractivity contribution in [3.05, 3.63) is 0 Å². The van der Waals surface area contributed by atoms with Crippen LogP contribution < -0.4 is 0 Å². The summed E-state index contributed by atoms with van der Waals surface area (Å²) in [7, 11) is 0. The second-order valence-corrected chi connectivity index (χ2v) is 5.51. The monoisotopic (exact) mass is 184 g/mol. The van der Waals surface area contributed by atoms with Gasteiger partial charge in [-0.1, -0.05) is 34.6 Å². The van der Waals surface area contributed by atoms with Crippen LogP contribution in [0.5, 0.6) is 0 Å². The van der Waals surface area contributed by atoms with Crippen LogP contribution in [0.15, 0.2) is 0 Å². The van der Waals surface area contributed by atoms with Crippen molar-refractivity contribution in [3.8, 4) is 0 Å². The van der Waals surface area contributed by atoms with Crippen molar-refractivity contribution in [2.24, 2.45) is 17.3 Å². The average Bonchev–Trinajstić information content (AvgIpc) is 1.95. The molecule has 1 heteroatoms. The third-order valence-electron chi connectivity index (χ3n) is 2.47. The molecule has 0 radical (unpaired) electrons. The smallest absolute Gasteiger partial charge is 0.120 e. The van der Waals surface area contributed by atoms with Gasteiger partial charge in [0.25, 0.3) is 0 Å². The fraction of sp³-hybridized carbons (Fsp3) is 0.917. The van der Waals surface area contributed by atoms with Gasteiger partial charge in [-0.05, 0) is 30.1 Å². The summed E-state index contributed by atoms with van der Waals surface area (Å²) in [5.74, 6) is 1.39. The Balaban J connectivity index is 4.02. The quantitative estimate of drug-likeness (QED) is 0.596. The molecule has 0 saturated carbocycles. The van der Waals surface area contributed by atoms with Crippen LogP contribution in [0.3, 0.4) is 0 Å². The molecule has 0 aliphatic heterocycles. The lowest BCUT2D eigenvalue weighted by Crippen LogP contribution is -2.18. The molecule has 0 saturated heterocycles. The lowest BCUT2D eigenvalue weighted by Gasteiger charge is -2.28. The molecule has 1 nitrogen and oxygen atoms in total. The molecule has 0 heterocycles. The van der Waals surface area contributed by atoms with E-state index in [0.29, 0.717) is 17.3 Å². The minimum absolute atomic E-state index is 0.387. The molecular formula is C12H24O. The Kier molecular flexibility index (Phi) is 5.27. The molecule has 0 rings (SSSR count). The number of carbonyl (C=O) groups is 1. The first-order chi connectivity index (χ1) is 5.87. The number of hydrogen-bond donors (Lipinski definition) is 0. The van der Waals surface area contributed by atoms with E-state index < -0.39 is 0 Å². The van der Waals surface area contributed by atoms with Crippen molar-refractivity contribution in [1.82, 2.24) is 0 Å². The van der Waals surface area contributed by atoms with Gasteiger partial charge < -0.3 is 4.79 Å². The third-order valence-corrected chi connectivity index (χ3v) is 2.47. The number of hydrogen-bond acceptors (Lipinski definition) is 1. The molecule has 1 unspecified atom stereocenters. The molecule has 0 bridgehead atoms. The van der Waals surface area contributed by atoms with Crippen LogP contribution in [0.1, 0.15) is 53.9 Å². The van der Waals surface area contributed by atoms with Crippen LogP contribution in [0.4, 0.5) is 0 Å². The van der Waals surface area contributed by atoms with Crippen LogP contribution in [-0.2, 0) is 4.79 Å². The minimum atomic E-state index is 0.387. The van der Waals surface area contributed by atoms with E-state index in [1.807, 2.05) is 0 Å². The van der Waals surface area contributed by atoms with Crippen LogP contribution >= 0.6 is 0 Å². The molecule has 0 fully saturated rings. The number of aldehydes is 1. The second kappa shape index (κ2) is 5.41. The fourth-order valence-electron chi connectivity index (χ4n) is 1.74. The van der Waals surface area contributed by atoms with E-state index in [9.17, 15) is 4.79 Å². The molecule has 1 atom stereocenters. The van der Waals surface area contributed by atoms with Gasteiger partial charge in [-0.2, -0.15) is 0 Å². The number of carbonyl (C=O) groups excluding carboxylic acids is 1. The predicted molar refractivity (Wildman–Crippen MR) is 57.7 cm³/mol. The van der Waals surface area contributed by atoms with Crippen molar-refractivity contribution in [1.29, 1.82) is 0 Å². The maximum Gasteiger partial charge on any atom is 0.120 e. The van der Waals surface area contributed by atoms with Gasteiger partial charge in [0.05, 0.1) is 0 Å². The van der Waals surface area contributed by atoms with Gasteiger partial charge in [0.2, 0.25) is 0 Å². The Morgan fingerprint density at radius 3 is 2.08 bits per heavy atom. The summed E-state index contributed by atoms with van der Waals surface area (Å²) >= 11 is 0. The molecular weight excluding hydrogens is 160 g/mol. The van der Waals surface area contributed by atoms with E-state index in [2.05, 4.69) is 34.6 Å². The van der Waals surface area contributed by atoms with Gasteiger partial charge in [0.1, 0.15) is 6.29 Å². The second-order valence-electron chi connectivity index (χ2n) is 5.51. The highest BCUT2D eigenvalue weighted by Gasteiger charge is 2.20. The topological polar surface area (TPSA) is 17.1 Å². The molecule has 0 aliphatic rings. The lowest BCUT2D eigenvalue weighted by molar-refractivity contribution is -0.108. The average molecular weight is 184 g/mol. The Hall–Kier alpha value is -0.330. The van der Waals surface area contributed by atoms with E-state index in [0.717, 1.165) is 19.1 Å². The number of rotatable bonds is 5. The first kappa shape index (κ1) is 12.7. The molecule has 0 amide bonds. The summed E-state index contributed by atoms with van der Waals surface area (Å²) in [6, 6.07) is 0. The predicted octanol–water partition coefficient (Wildman–Crippen LogP) is 3.67. The van der Waals surface area contributed by atoms with E-state index >= 15 is 0 Å². The SMILES string of the molecule is CC(C)C(CCC=O)CC(C)(C)C. The largest absolute Gasteiger partial charge is 0.303 e. The maximum absolute atomic E-state index is 10.3. The van der Waals surface area contributed by atoms with Gasteiger partial charge in [-0.3, -0.25) is 0 Å². The zero-order valence-corrected chi connectivity index (χ0v) is 9.76. The highest BCUT2D eigenvalue weighted by Crippen LogP contribution is 2.31. The normalized spacial score (nSPS) is 14.6. The lowest BCUT2D eigenvalue weighted by atomic mass is 9.78. The van der Waals surface area contributed by atoms with Crippen molar-refractivity contribution < 1.29 is 4.79 Å². The van der Waals surface area contributed by atoms with Crippen molar-refractivity contribution in [2.75, 3.05) is 0 Å². The molecule has 0 spiro atoms. The summed E-state index contributed by atoms with van der Waals surface area (Å²) in [5, 5.41) is 0. The Labute approximate surface area is 82.9 Å². The van der Waals surface area contributed by atoms with Gasteiger partial charge in [-0.15, -0.1) is 0 Å². The first-order valence-corrected chi connectivity index (χ1v) is 5.30. The third kappa shape index (κ3) is 6.80. The molecule has 0 aromatic carbocycles. The van der Waals surface area contributed by atoms with Crippen LogP contribution in [-0.4, -0.2) is 6.29 Å². The van der Waals surface area contributed by atoms with Crippen molar-refractivity contribution in [3.63, 3.8) is 0 Å². The Morgan fingerprint density at radius 2 is 1.77 bits per heavy atom. The Bertz CT molecular complexity index is 142. The summed E-state index contributed by atoms with van der Waals surface area (Å²) in [6.45, 7) is 11.3. The zero-order chi connectivity index (χ0) is 10.5. The van der Waals surface area contributed by atoms with Crippen molar-refractivity contribution >= 4 is 6.29 Å². The molecule has 78 valence electrons. The van der Waals surface area contributed by atoms with Crippen LogP contribution in [0, 0.1) is 17.3 Å². The van der Waals surface area contributed by atoms with Gasteiger partial charge in [-0.25, -0.2) is 0 Å².